The molecule has 36 heavy (non-hydrogen) atoms. The maximum atomic E-state index is 12.6. The highest BCUT2D eigenvalue weighted by Crippen LogP contribution is 2.30. The van der Waals surface area contributed by atoms with Gasteiger partial charge in [0.15, 0.2) is 12.2 Å². The number of β-amino-alcohol motifs (C(OH)–C–C–N with tert-alkyl or cyclic N) is 1. The summed E-state index contributed by atoms with van der Waals surface area (Å²) in [7, 11) is 0. The molecule has 190 valence electrons. The molecule has 3 aromatic rings. The Kier molecular flexibility index (Phi) is 7.53. The molecule has 8 heteroatoms. The maximum Gasteiger partial charge on any atom is 0.251 e. The molecular weight excluding hydrogens is 456 g/mol. The van der Waals surface area contributed by atoms with Crippen LogP contribution in [0.3, 0.4) is 0 Å². The standard InChI is InChI=1S/C28H34N4O4/c1-19-26-10-11-32(15-21(26)8-9-27(19)35-17-25-14-29-18-36-25)16-24(33)13-30-28(34)20-4-2-7-23(12-20)31-22-5-3-6-22/h2,4,7-9,12,14,18,22,24,31,33H,3,5-6,10-11,13,15-17H2,1H3,(H,30,34)/t24-/m0/s1. The van der Waals surface area contributed by atoms with Gasteiger partial charge in [-0.05, 0) is 73.6 Å². The Hall–Kier alpha value is -3.36. The van der Waals surface area contributed by atoms with Crippen LogP contribution < -0.4 is 15.4 Å². The molecule has 1 saturated carbocycles. The molecule has 1 aromatic heterocycles. The zero-order valence-corrected chi connectivity index (χ0v) is 20.7. The third-order valence-corrected chi connectivity index (χ3v) is 7.14. The number of hydrogen-bond acceptors (Lipinski definition) is 7. The van der Waals surface area contributed by atoms with Crippen molar-refractivity contribution >= 4 is 11.6 Å². The van der Waals surface area contributed by atoms with Gasteiger partial charge in [-0.1, -0.05) is 12.1 Å². The van der Waals surface area contributed by atoms with Crippen LogP contribution in [-0.4, -0.2) is 52.7 Å². The number of aromatic nitrogens is 1. The van der Waals surface area contributed by atoms with E-state index >= 15 is 0 Å². The molecule has 5 rings (SSSR count). The second-order valence-corrected chi connectivity index (χ2v) is 9.78. The number of fused-ring (bicyclic) bond motifs is 1. The van der Waals surface area contributed by atoms with Crippen LogP contribution in [0.15, 0.2) is 53.4 Å². The van der Waals surface area contributed by atoms with Crippen LogP contribution in [0.1, 0.15) is 52.1 Å². The number of hydrogen-bond donors (Lipinski definition) is 3. The molecule has 2 aliphatic rings. The molecule has 0 spiro atoms. The number of ether oxygens (including phenoxy) is 1. The molecule has 2 aromatic carbocycles. The van der Waals surface area contributed by atoms with E-state index in [-0.39, 0.29) is 12.5 Å². The smallest absolute Gasteiger partial charge is 0.251 e. The number of benzene rings is 2. The summed E-state index contributed by atoms with van der Waals surface area (Å²) in [6.07, 6.45) is 6.93. The largest absolute Gasteiger partial charge is 0.485 e. The summed E-state index contributed by atoms with van der Waals surface area (Å²) in [6, 6.07) is 12.2. The Bertz CT molecular complexity index is 1180. The minimum Gasteiger partial charge on any atom is -0.485 e. The van der Waals surface area contributed by atoms with E-state index in [1.54, 1.807) is 12.3 Å². The lowest BCUT2D eigenvalue weighted by Gasteiger charge is -2.31. The summed E-state index contributed by atoms with van der Waals surface area (Å²) >= 11 is 0. The first-order valence-corrected chi connectivity index (χ1v) is 12.7. The van der Waals surface area contributed by atoms with Gasteiger partial charge in [-0.3, -0.25) is 9.69 Å². The fraction of sp³-hybridized carbons (Fsp3) is 0.429. The van der Waals surface area contributed by atoms with Crippen molar-refractivity contribution in [2.24, 2.45) is 0 Å². The predicted octanol–water partition coefficient (Wildman–Crippen LogP) is 3.68. The van der Waals surface area contributed by atoms with Crippen molar-refractivity contribution in [1.29, 1.82) is 0 Å². The van der Waals surface area contributed by atoms with Gasteiger partial charge < -0.3 is 24.9 Å². The molecule has 0 radical (unpaired) electrons. The highest BCUT2D eigenvalue weighted by Gasteiger charge is 2.22. The Morgan fingerprint density at radius 2 is 2.19 bits per heavy atom. The van der Waals surface area contributed by atoms with Crippen LogP contribution in [0.4, 0.5) is 5.69 Å². The van der Waals surface area contributed by atoms with E-state index < -0.39 is 6.10 Å². The molecule has 1 fully saturated rings. The average molecular weight is 491 g/mol. The van der Waals surface area contributed by atoms with Gasteiger partial charge in [-0.2, -0.15) is 0 Å². The highest BCUT2D eigenvalue weighted by atomic mass is 16.5. The maximum absolute atomic E-state index is 12.6. The van der Waals surface area contributed by atoms with Gasteiger partial charge in [0.25, 0.3) is 5.91 Å². The Morgan fingerprint density at radius 1 is 1.31 bits per heavy atom. The third-order valence-electron chi connectivity index (χ3n) is 7.14. The molecule has 1 atom stereocenters. The van der Waals surface area contributed by atoms with Crippen molar-refractivity contribution in [2.45, 2.75) is 57.9 Å². The molecule has 0 saturated heterocycles. The van der Waals surface area contributed by atoms with E-state index in [2.05, 4.69) is 33.5 Å². The summed E-state index contributed by atoms with van der Waals surface area (Å²) in [5.41, 5.74) is 5.28. The Morgan fingerprint density at radius 3 is 2.97 bits per heavy atom. The normalized spacial score (nSPS) is 16.6. The van der Waals surface area contributed by atoms with Gasteiger partial charge in [0, 0.05) is 43.5 Å². The fourth-order valence-corrected chi connectivity index (χ4v) is 4.87. The summed E-state index contributed by atoms with van der Waals surface area (Å²) in [6.45, 7) is 4.77. The van der Waals surface area contributed by atoms with Crippen LogP contribution in [0.5, 0.6) is 5.75 Å². The number of carbonyl (C=O) groups excluding carboxylic acids is 1. The van der Waals surface area contributed by atoms with E-state index in [4.69, 9.17) is 9.15 Å². The van der Waals surface area contributed by atoms with Gasteiger partial charge in [-0.15, -0.1) is 0 Å². The van der Waals surface area contributed by atoms with Crippen LogP contribution >= 0.6 is 0 Å². The van der Waals surface area contributed by atoms with Crippen molar-refractivity contribution in [2.75, 3.05) is 25.0 Å². The van der Waals surface area contributed by atoms with E-state index in [1.807, 2.05) is 24.3 Å². The van der Waals surface area contributed by atoms with Gasteiger partial charge in [0.1, 0.15) is 12.4 Å². The summed E-state index contributed by atoms with van der Waals surface area (Å²) in [5, 5.41) is 17.0. The van der Waals surface area contributed by atoms with Gasteiger partial charge >= 0.3 is 0 Å². The van der Waals surface area contributed by atoms with E-state index in [0.29, 0.717) is 30.5 Å². The molecule has 0 bridgehead atoms. The Balaban J connectivity index is 1.10. The zero-order valence-electron chi connectivity index (χ0n) is 20.7. The van der Waals surface area contributed by atoms with Crippen molar-refractivity contribution in [3.8, 4) is 5.75 Å². The molecule has 2 heterocycles. The lowest BCUT2D eigenvalue weighted by molar-refractivity contribution is 0.0841. The molecule has 0 unspecified atom stereocenters. The fourth-order valence-electron chi connectivity index (χ4n) is 4.87. The highest BCUT2D eigenvalue weighted by molar-refractivity contribution is 5.95. The molecule has 1 amide bonds. The lowest BCUT2D eigenvalue weighted by Crippen LogP contribution is -2.42. The van der Waals surface area contributed by atoms with Crippen LogP contribution in [0.25, 0.3) is 0 Å². The molecular formula is C28H34N4O4. The van der Waals surface area contributed by atoms with Crippen molar-refractivity contribution in [3.05, 3.63) is 77.0 Å². The number of oxazole rings is 1. The average Bonchev–Trinajstić information content (AvgIpc) is 3.38. The number of rotatable bonds is 10. The van der Waals surface area contributed by atoms with E-state index in [9.17, 15) is 9.90 Å². The summed E-state index contributed by atoms with van der Waals surface area (Å²) in [5.74, 6) is 1.38. The zero-order chi connectivity index (χ0) is 24.9. The van der Waals surface area contributed by atoms with Crippen molar-refractivity contribution in [3.63, 3.8) is 0 Å². The predicted molar refractivity (Wildman–Crippen MR) is 137 cm³/mol. The molecule has 1 aliphatic carbocycles. The quantitative estimate of drug-likeness (QED) is 0.399. The number of carbonyl (C=O) groups is 1. The number of amides is 1. The summed E-state index contributed by atoms with van der Waals surface area (Å²) < 4.78 is 11.2. The Labute approximate surface area is 211 Å². The van der Waals surface area contributed by atoms with Crippen LogP contribution in [-0.2, 0) is 19.6 Å². The second-order valence-electron chi connectivity index (χ2n) is 9.78. The number of anilines is 1. The van der Waals surface area contributed by atoms with Gasteiger partial charge in [-0.25, -0.2) is 4.98 Å². The van der Waals surface area contributed by atoms with Gasteiger partial charge in [0.05, 0.1) is 12.3 Å². The second kappa shape index (κ2) is 11.1. The minimum atomic E-state index is -0.641. The van der Waals surface area contributed by atoms with Crippen molar-refractivity contribution in [1.82, 2.24) is 15.2 Å². The summed E-state index contributed by atoms with van der Waals surface area (Å²) in [4.78, 5) is 18.8. The topological polar surface area (TPSA) is 99.9 Å². The third kappa shape index (κ3) is 5.88. The van der Waals surface area contributed by atoms with Gasteiger partial charge in [0.2, 0.25) is 0 Å². The first-order chi connectivity index (χ1) is 17.5. The first-order valence-electron chi connectivity index (χ1n) is 12.7. The monoisotopic (exact) mass is 490 g/mol. The number of nitrogens with one attached hydrogen (secondary N) is 2. The first kappa shape index (κ1) is 24.3. The number of aliphatic hydroxyl groups is 1. The van der Waals surface area contributed by atoms with Crippen LogP contribution in [0.2, 0.25) is 0 Å². The number of nitrogens with zero attached hydrogens (tertiary/aromatic N) is 2. The molecule has 8 nitrogen and oxygen atoms in total. The molecule has 3 N–H and O–H groups in total. The van der Waals surface area contributed by atoms with E-state index in [1.165, 1.54) is 36.8 Å². The molecule has 1 aliphatic heterocycles. The lowest BCUT2D eigenvalue weighted by atomic mass is 9.93. The van der Waals surface area contributed by atoms with E-state index in [0.717, 1.165) is 36.5 Å². The van der Waals surface area contributed by atoms with Crippen LogP contribution in [0, 0.1) is 6.92 Å². The minimum absolute atomic E-state index is 0.163. The SMILES string of the molecule is Cc1c(OCc2cnco2)ccc2c1CCN(C[C@@H](O)CNC(=O)c1cccc(NC3CCC3)c1)C2. The van der Waals surface area contributed by atoms with Crippen molar-refractivity contribution < 1.29 is 19.1 Å². The number of aliphatic hydroxyl groups excluding tert-OH is 1.